The lowest BCUT2D eigenvalue weighted by molar-refractivity contribution is -0.115. The molecule has 1 amide bonds. The number of anilines is 1. The lowest BCUT2D eigenvalue weighted by Gasteiger charge is -2.28. The van der Waals surface area contributed by atoms with Crippen LogP contribution in [0.1, 0.15) is 24.8 Å². The van der Waals surface area contributed by atoms with Crippen molar-refractivity contribution in [1.82, 2.24) is 5.32 Å². The molecule has 0 spiro atoms. The minimum atomic E-state index is -0.0971. The van der Waals surface area contributed by atoms with Crippen molar-refractivity contribution in [3.63, 3.8) is 0 Å². The first-order chi connectivity index (χ1) is 9.72. The Hall–Kier alpha value is -1.33. The van der Waals surface area contributed by atoms with E-state index in [1.54, 1.807) is 0 Å². The molecule has 3 nitrogen and oxygen atoms in total. The van der Waals surface area contributed by atoms with Gasteiger partial charge in [-0.3, -0.25) is 4.79 Å². The maximum absolute atomic E-state index is 11.6. The summed E-state index contributed by atoms with van der Waals surface area (Å²) in [7, 11) is 0. The Morgan fingerprint density at radius 1 is 1.15 bits per heavy atom. The number of thiocarbonyl (C=S) groups is 1. The van der Waals surface area contributed by atoms with Gasteiger partial charge in [-0.15, -0.1) is 0 Å². The third-order valence-corrected chi connectivity index (χ3v) is 4.72. The highest BCUT2D eigenvalue weighted by Crippen LogP contribution is 2.27. The number of rotatable bonds is 2. The molecule has 20 heavy (non-hydrogen) atoms. The van der Waals surface area contributed by atoms with Gasteiger partial charge in [-0.1, -0.05) is 36.1 Å². The molecule has 0 aliphatic carbocycles. The van der Waals surface area contributed by atoms with Crippen LogP contribution in [0.3, 0.4) is 0 Å². The second kappa shape index (κ2) is 5.97. The van der Waals surface area contributed by atoms with Crippen molar-refractivity contribution < 1.29 is 4.79 Å². The van der Waals surface area contributed by atoms with Gasteiger partial charge in [-0.25, -0.2) is 0 Å². The zero-order valence-corrected chi connectivity index (χ0v) is 12.7. The van der Waals surface area contributed by atoms with Gasteiger partial charge in [-0.05, 0) is 43.0 Å². The van der Waals surface area contributed by atoms with Crippen LogP contribution in [0.2, 0.25) is 0 Å². The molecule has 0 saturated carbocycles. The molecule has 0 bridgehead atoms. The molecule has 2 saturated heterocycles. The van der Waals surface area contributed by atoms with Crippen molar-refractivity contribution in [3.8, 4) is 0 Å². The predicted octanol–water partition coefficient (Wildman–Crippen LogP) is 3.17. The lowest BCUT2D eigenvalue weighted by atomic mass is 10.1. The van der Waals surface area contributed by atoms with Crippen LogP contribution in [-0.4, -0.2) is 23.3 Å². The summed E-state index contributed by atoms with van der Waals surface area (Å²) < 4.78 is 0.534. The molecule has 0 unspecified atom stereocenters. The van der Waals surface area contributed by atoms with Gasteiger partial charge >= 0.3 is 0 Å². The average molecular weight is 304 g/mol. The summed E-state index contributed by atoms with van der Waals surface area (Å²) in [5.74, 6) is -0.0971. The predicted molar refractivity (Wildman–Crippen MR) is 88.8 cm³/mol. The number of piperidine rings is 1. The SMILES string of the molecule is O=C1NC(=S)S/C1=C/c1ccc(N2CCCCC2)cc1. The molecule has 5 heteroatoms. The molecular weight excluding hydrogens is 288 g/mol. The second-order valence-electron chi connectivity index (χ2n) is 4.99. The summed E-state index contributed by atoms with van der Waals surface area (Å²) in [6.45, 7) is 2.29. The van der Waals surface area contributed by atoms with Gasteiger partial charge in [0.15, 0.2) is 0 Å². The summed E-state index contributed by atoms with van der Waals surface area (Å²) in [4.78, 5) is 14.7. The number of nitrogens with one attached hydrogen (secondary N) is 1. The van der Waals surface area contributed by atoms with Crippen LogP contribution < -0.4 is 10.2 Å². The fourth-order valence-electron chi connectivity index (χ4n) is 2.51. The van der Waals surface area contributed by atoms with Crippen LogP contribution in [0.5, 0.6) is 0 Å². The first kappa shape index (κ1) is 13.6. The highest BCUT2D eigenvalue weighted by Gasteiger charge is 2.21. The maximum atomic E-state index is 11.6. The van der Waals surface area contributed by atoms with Gasteiger partial charge in [0.05, 0.1) is 4.91 Å². The Kier molecular flexibility index (Phi) is 4.08. The van der Waals surface area contributed by atoms with E-state index >= 15 is 0 Å². The Balaban J connectivity index is 1.74. The second-order valence-corrected chi connectivity index (χ2v) is 6.71. The van der Waals surface area contributed by atoms with Gasteiger partial charge in [0.1, 0.15) is 4.32 Å². The van der Waals surface area contributed by atoms with Crippen LogP contribution in [0.25, 0.3) is 6.08 Å². The first-order valence-electron chi connectivity index (χ1n) is 6.82. The number of carbonyl (C=O) groups is 1. The molecule has 2 aliphatic heterocycles. The number of hydrogen-bond donors (Lipinski definition) is 1. The van der Waals surface area contributed by atoms with Crippen molar-refractivity contribution in [3.05, 3.63) is 34.7 Å². The average Bonchev–Trinajstić information content (AvgIpc) is 2.79. The molecule has 2 fully saturated rings. The minimum Gasteiger partial charge on any atom is -0.372 e. The smallest absolute Gasteiger partial charge is 0.263 e. The van der Waals surface area contributed by atoms with E-state index in [-0.39, 0.29) is 5.91 Å². The number of thioether (sulfide) groups is 1. The lowest BCUT2D eigenvalue weighted by Crippen LogP contribution is -2.29. The molecule has 1 aromatic carbocycles. The van der Waals surface area contributed by atoms with Gasteiger partial charge in [0.2, 0.25) is 0 Å². The monoisotopic (exact) mass is 304 g/mol. The highest BCUT2D eigenvalue weighted by atomic mass is 32.2. The van der Waals surface area contributed by atoms with E-state index in [0.717, 1.165) is 18.7 Å². The van der Waals surface area contributed by atoms with Gasteiger partial charge in [-0.2, -0.15) is 0 Å². The van der Waals surface area contributed by atoms with E-state index in [4.69, 9.17) is 12.2 Å². The Labute approximate surface area is 128 Å². The summed E-state index contributed by atoms with van der Waals surface area (Å²) in [5, 5.41) is 2.63. The van der Waals surface area contributed by atoms with E-state index in [1.807, 2.05) is 6.08 Å². The minimum absolute atomic E-state index is 0.0971. The van der Waals surface area contributed by atoms with Gasteiger partial charge in [0.25, 0.3) is 5.91 Å². The van der Waals surface area contributed by atoms with Crippen LogP contribution in [0.15, 0.2) is 29.2 Å². The number of amides is 1. The Morgan fingerprint density at radius 2 is 1.85 bits per heavy atom. The van der Waals surface area contributed by atoms with E-state index < -0.39 is 0 Å². The Bertz CT molecular complexity index is 560. The van der Waals surface area contributed by atoms with Gasteiger partial charge < -0.3 is 10.2 Å². The quantitative estimate of drug-likeness (QED) is 0.672. The third kappa shape index (κ3) is 3.04. The van der Waals surface area contributed by atoms with Crippen molar-refractivity contribution in [2.75, 3.05) is 18.0 Å². The van der Waals surface area contributed by atoms with Gasteiger partial charge in [0, 0.05) is 18.8 Å². The molecule has 2 heterocycles. The van der Waals surface area contributed by atoms with Crippen molar-refractivity contribution in [2.45, 2.75) is 19.3 Å². The number of carbonyl (C=O) groups excluding carboxylic acids is 1. The maximum Gasteiger partial charge on any atom is 0.263 e. The summed E-state index contributed by atoms with van der Waals surface area (Å²) in [5.41, 5.74) is 2.30. The van der Waals surface area contributed by atoms with Crippen molar-refractivity contribution in [2.24, 2.45) is 0 Å². The number of hydrogen-bond acceptors (Lipinski definition) is 4. The van der Waals surface area contributed by atoms with E-state index in [0.29, 0.717) is 9.23 Å². The molecular formula is C15H16N2OS2. The molecule has 0 aromatic heterocycles. The van der Waals surface area contributed by atoms with E-state index in [9.17, 15) is 4.79 Å². The van der Waals surface area contributed by atoms with Crippen LogP contribution in [0, 0.1) is 0 Å². The molecule has 0 atom stereocenters. The summed E-state index contributed by atoms with van der Waals surface area (Å²) >= 11 is 6.30. The van der Waals surface area contributed by atoms with Crippen LogP contribution in [-0.2, 0) is 4.79 Å². The fourth-order valence-corrected chi connectivity index (χ4v) is 3.55. The zero-order valence-electron chi connectivity index (χ0n) is 11.1. The topological polar surface area (TPSA) is 32.3 Å². The largest absolute Gasteiger partial charge is 0.372 e. The Morgan fingerprint density at radius 3 is 2.45 bits per heavy atom. The fraction of sp³-hybridized carbons (Fsp3) is 0.333. The molecule has 2 aliphatic rings. The normalized spacial score (nSPS) is 21.4. The van der Waals surface area contributed by atoms with Crippen LogP contribution in [0.4, 0.5) is 5.69 Å². The summed E-state index contributed by atoms with van der Waals surface area (Å²) in [6.07, 6.45) is 5.78. The van der Waals surface area contributed by atoms with Crippen LogP contribution >= 0.6 is 24.0 Å². The molecule has 0 radical (unpaired) electrons. The van der Waals surface area contributed by atoms with Crippen molar-refractivity contribution in [1.29, 1.82) is 0 Å². The van der Waals surface area contributed by atoms with E-state index in [1.165, 1.54) is 36.7 Å². The molecule has 1 N–H and O–H groups in total. The highest BCUT2D eigenvalue weighted by molar-refractivity contribution is 8.26. The third-order valence-electron chi connectivity index (χ3n) is 3.55. The molecule has 3 rings (SSSR count). The standard InChI is InChI=1S/C15H16N2OS2/c18-14-13(20-15(19)16-14)10-11-4-6-12(7-5-11)17-8-2-1-3-9-17/h4-7,10H,1-3,8-9H2,(H,16,18,19)/b13-10+. The molecule has 1 aromatic rings. The van der Waals surface area contributed by atoms with E-state index in [2.05, 4.69) is 34.5 Å². The number of nitrogens with zero attached hydrogens (tertiary/aromatic N) is 1. The molecule has 104 valence electrons. The summed E-state index contributed by atoms with van der Waals surface area (Å²) in [6, 6.07) is 8.39. The first-order valence-corrected chi connectivity index (χ1v) is 8.05. The van der Waals surface area contributed by atoms with Crippen molar-refractivity contribution >= 4 is 46.0 Å². The number of benzene rings is 1. The zero-order chi connectivity index (χ0) is 13.9.